The molecule has 2 rings (SSSR count). The third kappa shape index (κ3) is 2.31. The molecule has 3 heteroatoms. The molecule has 1 heterocycles. The van der Waals surface area contributed by atoms with Gasteiger partial charge in [0.25, 0.3) is 0 Å². The van der Waals surface area contributed by atoms with Gasteiger partial charge in [-0.05, 0) is 30.4 Å². The Bertz CT molecular complexity index is 403. The largest absolute Gasteiger partial charge is 0.395 e. The Hall–Kier alpha value is -1.25. The molecular formula is C15H23FN2. The van der Waals surface area contributed by atoms with Crippen LogP contribution >= 0.6 is 0 Å². The second kappa shape index (κ2) is 5.17. The van der Waals surface area contributed by atoms with E-state index in [9.17, 15) is 4.39 Å². The van der Waals surface area contributed by atoms with Crippen molar-refractivity contribution in [3.05, 3.63) is 24.0 Å². The summed E-state index contributed by atoms with van der Waals surface area (Å²) in [7, 11) is 0. The number of anilines is 2. The number of halogens is 1. The van der Waals surface area contributed by atoms with E-state index >= 15 is 0 Å². The monoisotopic (exact) mass is 250 g/mol. The molecule has 0 aliphatic carbocycles. The lowest BCUT2D eigenvalue weighted by Crippen LogP contribution is -2.40. The van der Waals surface area contributed by atoms with Crippen molar-refractivity contribution in [1.29, 1.82) is 0 Å². The third-order valence-electron chi connectivity index (χ3n) is 4.69. The van der Waals surface area contributed by atoms with Crippen LogP contribution < -0.4 is 10.6 Å². The molecule has 0 radical (unpaired) electrons. The molecule has 100 valence electrons. The smallest absolute Gasteiger partial charge is 0.148 e. The second-order valence-corrected chi connectivity index (χ2v) is 5.37. The van der Waals surface area contributed by atoms with E-state index in [1.807, 2.05) is 6.07 Å². The van der Waals surface area contributed by atoms with Gasteiger partial charge in [0.15, 0.2) is 0 Å². The summed E-state index contributed by atoms with van der Waals surface area (Å²) >= 11 is 0. The van der Waals surface area contributed by atoms with E-state index < -0.39 is 0 Å². The first kappa shape index (κ1) is 13.2. The predicted molar refractivity (Wildman–Crippen MR) is 75.3 cm³/mol. The van der Waals surface area contributed by atoms with Crippen LogP contribution in [0.1, 0.15) is 39.5 Å². The number of nitrogens with two attached hydrogens (primary N) is 1. The van der Waals surface area contributed by atoms with Crippen LogP contribution in [0.4, 0.5) is 15.8 Å². The second-order valence-electron chi connectivity index (χ2n) is 5.37. The van der Waals surface area contributed by atoms with Crippen molar-refractivity contribution in [3.63, 3.8) is 0 Å². The number of rotatable bonds is 3. The predicted octanol–water partition coefficient (Wildman–Crippen LogP) is 3.81. The zero-order valence-corrected chi connectivity index (χ0v) is 11.4. The lowest BCUT2D eigenvalue weighted by molar-refractivity contribution is 0.199. The van der Waals surface area contributed by atoms with E-state index in [-0.39, 0.29) is 11.5 Å². The van der Waals surface area contributed by atoms with Gasteiger partial charge in [0, 0.05) is 13.1 Å². The van der Waals surface area contributed by atoms with Crippen LogP contribution in [-0.2, 0) is 0 Å². The average Bonchev–Trinajstić information content (AvgIpc) is 2.42. The Morgan fingerprint density at radius 2 is 1.83 bits per heavy atom. The van der Waals surface area contributed by atoms with Crippen molar-refractivity contribution in [2.45, 2.75) is 39.5 Å². The summed E-state index contributed by atoms with van der Waals surface area (Å²) < 4.78 is 13.5. The summed E-state index contributed by atoms with van der Waals surface area (Å²) in [5.41, 5.74) is 7.46. The number of hydrogen-bond donors (Lipinski definition) is 1. The molecule has 0 spiro atoms. The lowest BCUT2D eigenvalue weighted by atomic mass is 9.74. The Morgan fingerprint density at radius 1 is 1.22 bits per heavy atom. The lowest BCUT2D eigenvalue weighted by Gasteiger charge is -2.42. The van der Waals surface area contributed by atoms with Crippen molar-refractivity contribution in [3.8, 4) is 0 Å². The molecule has 2 N–H and O–H groups in total. The van der Waals surface area contributed by atoms with Gasteiger partial charge in [-0.2, -0.15) is 0 Å². The van der Waals surface area contributed by atoms with Crippen LogP contribution in [0.2, 0.25) is 0 Å². The van der Waals surface area contributed by atoms with E-state index in [4.69, 9.17) is 5.73 Å². The van der Waals surface area contributed by atoms with Gasteiger partial charge in [-0.1, -0.05) is 32.8 Å². The van der Waals surface area contributed by atoms with Crippen LogP contribution in [0.3, 0.4) is 0 Å². The van der Waals surface area contributed by atoms with Gasteiger partial charge >= 0.3 is 0 Å². The Morgan fingerprint density at radius 3 is 2.39 bits per heavy atom. The molecule has 0 atom stereocenters. The van der Waals surface area contributed by atoms with Gasteiger partial charge < -0.3 is 10.6 Å². The topological polar surface area (TPSA) is 29.3 Å². The minimum absolute atomic E-state index is 0.290. The molecule has 18 heavy (non-hydrogen) atoms. The minimum Gasteiger partial charge on any atom is -0.395 e. The first-order valence-corrected chi connectivity index (χ1v) is 6.91. The van der Waals surface area contributed by atoms with Crippen LogP contribution in [0, 0.1) is 11.2 Å². The molecule has 1 fully saturated rings. The highest BCUT2D eigenvalue weighted by molar-refractivity contribution is 5.68. The van der Waals surface area contributed by atoms with Crippen LogP contribution in [0.25, 0.3) is 0 Å². The van der Waals surface area contributed by atoms with Gasteiger partial charge in [0.2, 0.25) is 0 Å². The van der Waals surface area contributed by atoms with Crippen molar-refractivity contribution in [2.75, 3.05) is 23.7 Å². The molecule has 0 saturated carbocycles. The number of nitrogens with zero attached hydrogens (tertiary/aromatic N) is 1. The van der Waals surface area contributed by atoms with Crippen molar-refractivity contribution in [2.24, 2.45) is 5.41 Å². The molecule has 0 unspecified atom stereocenters. The third-order valence-corrected chi connectivity index (χ3v) is 4.69. The van der Waals surface area contributed by atoms with Gasteiger partial charge in [-0.25, -0.2) is 4.39 Å². The molecule has 1 aliphatic heterocycles. The summed E-state index contributed by atoms with van der Waals surface area (Å²) in [6.45, 7) is 6.51. The van der Waals surface area contributed by atoms with Crippen LogP contribution in [0.15, 0.2) is 18.2 Å². The number of piperidine rings is 1. The molecule has 1 aromatic rings. The van der Waals surface area contributed by atoms with E-state index in [1.165, 1.54) is 31.7 Å². The fourth-order valence-corrected chi connectivity index (χ4v) is 2.98. The number of benzene rings is 1. The van der Waals surface area contributed by atoms with Gasteiger partial charge in [0.1, 0.15) is 5.82 Å². The molecule has 0 amide bonds. The van der Waals surface area contributed by atoms with E-state index in [2.05, 4.69) is 18.7 Å². The summed E-state index contributed by atoms with van der Waals surface area (Å²) in [4.78, 5) is 2.22. The maximum atomic E-state index is 13.5. The molecule has 1 aliphatic rings. The van der Waals surface area contributed by atoms with Crippen LogP contribution in [-0.4, -0.2) is 13.1 Å². The Labute approximate surface area is 109 Å². The molecule has 2 nitrogen and oxygen atoms in total. The summed E-state index contributed by atoms with van der Waals surface area (Å²) in [6.07, 6.45) is 4.82. The first-order valence-electron chi connectivity index (χ1n) is 6.91. The summed E-state index contributed by atoms with van der Waals surface area (Å²) in [5, 5.41) is 0. The minimum atomic E-state index is -0.310. The zero-order chi connectivity index (χ0) is 13.2. The van der Waals surface area contributed by atoms with Crippen molar-refractivity contribution >= 4 is 11.4 Å². The molecule has 1 saturated heterocycles. The van der Waals surface area contributed by atoms with Crippen molar-refractivity contribution < 1.29 is 4.39 Å². The molecular weight excluding hydrogens is 227 g/mol. The van der Waals surface area contributed by atoms with E-state index in [0.717, 1.165) is 18.8 Å². The Balaban J connectivity index is 2.12. The highest BCUT2D eigenvalue weighted by atomic mass is 19.1. The standard InChI is InChI=1S/C15H23FN2/c1-3-15(4-2)8-10-18(11-9-15)13-7-5-6-12(16)14(13)17/h5-7H,3-4,8-11,17H2,1-2H3. The molecule has 1 aromatic carbocycles. The summed E-state index contributed by atoms with van der Waals surface area (Å²) in [6, 6.07) is 5.08. The summed E-state index contributed by atoms with van der Waals surface area (Å²) in [5.74, 6) is -0.310. The zero-order valence-electron chi connectivity index (χ0n) is 11.4. The quantitative estimate of drug-likeness (QED) is 0.826. The fourth-order valence-electron chi connectivity index (χ4n) is 2.98. The van der Waals surface area contributed by atoms with Crippen LogP contribution in [0.5, 0.6) is 0 Å². The van der Waals surface area contributed by atoms with E-state index in [0.29, 0.717) is 5.41 Å². The SMILES string of the molecule is CCC1(CC)CCN(c2cccc(F)c2N)CC1. The first-order chi connectivity index (χ1) is 8.62. The number of hydrogen-bond acceptors (Lipinski definition) is 2. The van der Waals surface area contributed by atoms with Gasteiger partial charge in [-0.3, -0.25) is 0 Å². The maximum Gasteiger partial charge on any atom is 0.148 e. The highest BCUT2D eigenvalue weighted by Gasteiger charge is 2.31. The van der Waals surface area contributed by atoms with E-state index in [1.54, 1.807) is 6.07 Å². The number of para-hydroxylation sites is 1. The fraction of sp³-hybridized carbons (Fsp3) is 0.600. The molecule has 0 bridgehead atoms. The number of nitrogen functional groups attached to an aromatic ring is 1. The normalized spacial score (nSPS) is 18.9. The highest BCUT2D eigenvalue weighted by Crippen LogP contribution is 2.40. The molecule has 0 aromatic heterocycles. The maximum absolute atomic E-state index is 13.5. The average molecular weight is 250 g/mol. The van der Waals surface area contributed by atoms with Crippen molar-refractivity contribution in [1.82, 2.24) is 0 Å². The Kier molecular flexibility index (Phi) is 3.79. The van der Waals surface area contributed by atoms with Gasteiger partial charge in [-0.15, -0.1) is 0 Å². The van der Waals surface area contributed by atoms with Gasteiger partial charge in [0.05, 0.1) is 11.4 Å².